The second-order valence-corrected chi connectivity index (χ2v) is 6.61. The maximum absolute atomic E-state index is 12.9. The summed E-state index contributed by atoms with van der Waals surface area (Å²) in [5.74, 6) is 0.433. The minimum absolute atomic E-state index is 0.212. The molecule has 0 radical (unpaired) electrons. The first-order valence-corrected chi connectivity index (χ1v) is 7.96. The number of aromatic nitrogens is 1. The summed E-state index contributed by atoms with van der Waals surface area (Å²) >= 11 is 1.56. The molecule has 2 aromatic rings. The Balaban J connectivity index is 2.00. The highest BCUT2D eigenvalue weighted by atomic mass is 32.2. The van der Waals surface area contributed by atoms with Gasteiger partial charge < -0.3 is 5.32 Å². The summed E-state index contributed by atoms with van der Waals surface area (Å²) < 4.78 is 12.9. The van der Waals surface area contributed by atoms with E-state index in [1.807, 2.05) is 6.20 Å². The van der Waals surface area contributed by atoms with Crippen molar-refractivity contribution in [1.82, 2.24) is 10.3 Å². The van der Waals surface area contributed by atoms with E-state index in [0.29, 0.717) is 5.92 Å². The Morgan fingerprint density at radius 2 is 1.95 bits per heavy atom. The predicted molar refractivity (Wildman–Crippen MR) is 86.0 cm³/mol. The van der Waals surface area contributed by atoms with Crippen LogP contribution in [0.15, 0.2) is 46.5 Å². The van der Waals surface area contributed by atoms with Crippen LogP contribution >= 0.6 is 11.8 Å². The first kappa shape index (κ1) is 16.0. The lowest BCUT2D eigenvalue weighted by Crippen LogP contribution is -2.19. The Hall–Kier alpha value is -1.39. The second-order valence-electron chi connectivity index (χ2n) is 5.55. The van der Waals surface area contributed by atoms with E-state index in [1.54, 1.807) is 23.9 Å². The normalized spacial score (nSPS) is 11.1. The van der Waals surface area contributed by atoms with Crippen molar-refractivity contribution in [1.29, 1.82) is 0 Å². The molecule has 21 heavy (non-hydrogen) atoms. The SMILES string of the molecule is Cc1cc(CNCC(C)C)cnc1Sc1ccc(F)cc1. The molecule has 0 aliphatic rings. The second kappa shape index (κ2) is 7.57. The van der Waals surface area contributed by atoms with Crippen LogP contribution in [0.25, 0.3) is 0 Å². The molecule has 0 aliphatic heterocycles. The lowest BCUT2D eigenvalue weighted by molar-refractivity contribution is 0.551. The zero-order valence-electron chi connectivity index (χ0n) is 12.7. The van der Waals surface area contributed by atoms with Crippen molar-refractivity contribution >= 4 is 11.8 Å². The fraction of sp³-hybridized carbons (Fsp3) is 0.353. The van der Waals surface area contributed by atoms with Gasteiger partial charge in [0.15, 0.2) is 0 Å². The number of pyridine rings is 1. The molecule has 2 rings (SSSR count). The number of nitrogens with one attached hydrogen (secondary N) is 1. The third-order valence-corrected chi connectivity index (χ3v) is 4.13. The summed E-state index contributed by atoms with van der Waals surface area (Å²) in [6.45, 7) is 8.29. The molecule has 0 bridgehead atoms. The number of hydrogen-bond acceptors (Lipinski definition) is 3. The lowest BCUT2D eigenvalue weighted by Gasteiger charge is -2.10. The molecular weight excluding hydrogens is 283 g/mol. The van der Waals surface area contributed by atoms with Crippen LogP contribution in [-0.4, -0.2) is 11.5 Å². The summed E-state index contributed by atoms with van der Waals surface area (Å²) in [4.78, 5) is 5.52. The summed E-state index contributed by atoms with van der Waals surface area (Å²) in [5, 5.41) is 4.38. The molecule has 0 fully saturated rings. The van der Waals surface area contributed by atoms with Gasteiger partial charge in [0.1, 0.15) is 10.8 Å². The van der Waals surface area contributed by atoms with Gasteiger partial charge >= 0.3 is 0 Å². The molecule has 2 nitrogen and oxygen atoms in total. The highest BCUT2D eigenvalue weighted by Gasteiger charge is 2.05. The Kier molecular flexibility index (Phi) is 5.76. The molecule has 0 aliphatic carbocycles. The molecule has 0 saturated carbocycles. The molecule has 0 spiro atoms. The lowest BCUT2D eigenvalue weighted by atomic mass is 10.2. The monoisotopic (exact) mass is 304 g/mol. The van der Waals surface area contributed by atoms with Crippen LogP contribution in [0.5, 0.6) is 0 Å². The number of rotatable bonds is 6. The van der Waals surface area contributed by atoms with Crippen molar-refractivity contribution in [2.24, 2.45) is 5.92 Å². The van der Waals surface area contributed by atoms with Gasteiger partial charge in [-0.25, -0.2) is 9.37 Å². The zero-order valence-corrected chi connectivity index (χ0v) is 13.5. The van der Waals surface area contributed by atoms with Crippen molar-refractivity contribution in [2.75, 3.05) is 6.54 Å². The van der Waals surface area contributed by atoms with Gasteiger partial charge in [0.05, 0.1) is 0 Å². The van der Waals surface area contributed by atoms with Gasteiger partial charge in [-0.1, -0.05) is 31.7 Å². The maximum Gasteiger partial charge on any atom is 0.123 e. The van der Waals surface area contributed by atoms with Crippen molar-refractivity contribution in [3.8, 4) is 0 Å². The van der Waals surface area contributed by atoms with Crippen molar-refractivity contribution in [3.05, 3.63) is 53.5 Å². The maximum atomic E-state index is 12.9. The summed E-state index contributed by atoms with van der Waals surface area (Å²) in [5.41, 5.74) is 2.34. The Bertz CT molecular complexity index is 582. The minimum atomic E-state index is -0.212. The fourth-order valence-corrected chi connectivity index (χ4v) is 2.76. The van der Waals surface area contributed by atoms with Gasteiger partial charge in [0, 0.05) is 17.6 Å². The van der Waals surface area contributed by atoms with Crippen LogP contribution in [0.3, 0.4) is 0 Å². The van der Waals surface area contributed by atoms with E-state index in [9.17, 15) is 4.39 Å². The minimum Gasteiger partial charge on any atom is -0.312 e. The van der Waals surface area contributed by atoms with E-state index in [0.717, 1.165) is 28.6 Å². The molecule has 4 heteroatoms. The molecule has 0 amide bonds. The highest BCUT2D eigenvalue weighted by Crippen LogP contribution is 2.28. The molecule has 0 unspecified atom stereocenters. The Morgan fingerprint density at radius 3 is 2.57 bits per heavy atom. The average molecular weight is 304 g/mol. The van der Waals surface area contributed by atoms with Gasteiger partial charge in [-0.15, -0.1) is 0 Å². The molecule has 0 saturated heterocycles. The molecule has 1 aromatic heterocycles. The molecule has 1 heterocycles. The van der Waals surface area contributed by atoms with Crippen LogP contribution < -0.4 is 5.32 Å². The van der Waals surface area contributed by atoms with E-state index < -0.39 is 0 Å². The zero-order chi connectivity index (χ0) is 15.2. The average Bonchev–Trinajstić information content (AvgIpc) is 2.44. The van der Waals surface area contributed by atoms with Gasteiger partial charge in [0.25, 0.3) is 0 Å². The predicted octanol–water partition coefficient (Wildman–Crippen LogP) is 4.43. The van der Waals surface area contributed by atoms with Crippen molar-refractivity contribution in [3.63, 3.8) is 0 Å². The molecule has 112 valence electrons. The van der Waals surface area contributed by atoms with Crippen LogP contribution in [-0.2, 0) is 6.54 Å². The third-order valence-electron chi connectivity index (χ3n) is 3.00. The summed E-state index contributed by atoms with van der Waals surface area (Å²) in [6.07, 6.45) is 1.91. The topological polar surface area (TPSA) is 24.9 Å². The van der Waals surface area contributed by atoms with Crippen LogP contribution in [0.4, 0.5) is 4.39 Å². The van der Waals surface area contributed by atoms with Crippen LogP contribution in [0, 0.1) is 18.7 Å². The number of benzene rings is 1. The Morgan fingerprint density at radius 1 is 1.24 bits per heavy atom. The smallest absolute Gasteiger partial charge is 0.123 e. The van der Waals surface area contributed by atoms with E-state index in [4.69, 9.17) is 0 Å². The van der Waals surface area contributed by atoms with Gasteiger partial charge in [-0.2, -0.15) is 0 Å². The third kappa shape index (κ3) is 5.14. The van der Waals surface area contributed by atoms with E-state index in [2.05, 4.69) is 37.1 Å². The van der Waals surface area contributed by atoms with Crippen LogP contribution in [0.2, 0.25) is 0 Å². The molecule has 0 atom stereocenters. The standard InChI is InChI=1S/C17H21FN2S/c1-12(2)9-19-10-14-8-13(3)17(20-11-14)21-16-6-4-15(18)5-7-16/h4-8,11-12,19H,9-10H2,1-3H3. The number of hydrogen-bond donors (Lipinski definition) is 1. The van der Waals surface area contributed by atoms with Crippen molar-refractivity contribution in [2.45, 2.75) is 37.2 Å². The van der Waals surface area contributed by atoms with Crippen LogP contribution in [0.1, 0.15) is 25.0 Å². The summed E-state index contributed by atoms with van der Waals surface area (Å²) in [6, 6.07) is 8.66. The van der Waals surface area contributed by atoms with E-state index in [-0.39, 0.29) is 5.82 Å². The van der Waals surface area contributed by atoms with Crippen molar-refractivity contribution < 1.29 is 4.39 Å². The quantitative estimate of drug-likeness (QED) is 0.855. The Labute approximate surface area is 130 Å². The fourth-order valence-electron chi connectivity index (χ4n) is 1.94. The highest BCUT2D eigenvalue weighted by molar-refractivity contribution is 7.99. The number of aryl methyl sites for hydroxylation is 1. The first-order valence-electron chi connectivity index (χ1n) is 7.14. The first-order chi connectivity index (χ1) is 10.0. The van der Waals surface area contributed by atoms with E-state index in [1.165, 1.54) is 17.7 Å². The number of nitrogens with zero attached hydrogens (tertiary/aromatic N) is 1. The number of halogens is 1. The molecule has 1 aromatic carbocycles. The summed E-state index contributed by atoms with van der Waals surface area (Å²) in [7, 11) is 0. The van der Waals surface area contributed by atoms with Gasteiger partial charge in [-0.3, -0.25) is 0 Å². The van der Waals surface area contributed by atoms with Gasteiger partial charge in [0.2, 0.25) is 0 Å². The largest absolute Gasteiger partial charge is 0.312 e. The molecule has 1 N–H and O–H groups in total. The molecular formula is C17H21FN2S. The van der Waals surface area contributed by atoms with Gasteiger partial charge in [-0.05, 0) is 54.8 Å². The van der Waals surface area contributed by atoms with E-state index >= 15 is 0 Å².